The zero-order valence-corrected chi connectivity index (χ0v) is 13.2. The van der Waals surface area contributed by atoms with Crippen LogP contribution in [0.25, 0.3) is 0 Å². The van der Waals surface area contributed by atoms with Crippen molar-refractivity contribution in [2.45, 2.75) is 77.7 Å². The summed E-state index contributed by atoms with van der Waals surface area (Å²) in [4.78, 5) is 0. The molecule has 0 saturated carbocycles. The normalized spacial score (nSPS) is 12.3. The van der Waals surface area contributed by atoms with Crippen molar-refractivity contribution in [2.75, 3.05) is 5.32 Å². The Kier molecular flexibility index (Phi) is 8.93. The van der Waals surface area contributed by atoms with E-state index in [1.54, 1.807) is 6.07 Å². The van der Waals surface area contributed by atoms with E-state index in [-0.39, 0.29) is 0 Å². The standard InChI is InChI=1S/C18H31NO/c1-3-5-7-9-13-16(12-8-6-4-2)19-17-14-10-11-15-18(17)20/h10-11,14-16,19-20H,3-9,12-13H2,1-2H3. The van der Waals surface area contributed by atoms with Gasteiger partial charge in [0.15, 0.2) is 0 Å². The fourth-order valence-corrected chi connectivity index (χ4v) is 2.56. The Bertz CT molecular complexity index is 351. The van der Waals surface area contributed by atoms with Crippen molar-refractivity contribution in [1.82, 2.24) is 0 Å². The molecule has 0 saturated heterocycles. The molecule has 0 heterocycles. The van der Waals surface area contributed by atoms with Gasteiger partial charge in [0, 0.05) is 6.04 Å². The van der Waals surface area contributed by atoms with Crippen molar-refractivity contribution in [3.05, 3.63) is 24.3 Å². The number of phenolic OH excluding ortho intramolecular Hbond substituents is 1. The predicted molar refractivity (Wildman–Crippen MR) is 88.4 cm³/mol. The van der Waals surface area contributed by atoms with E-state index in [2.05, 4.69) is 19.2 Å². The minimum Gasteiger partial charge on any atom is -0.506 e. The Morgan fingerprint density at radius 1 is 0.900 bits per heavy atom. The second kappa shape index (κ2) is 10.6. The summed E-state index contributed by atoms with van der Waals surface area (Å²) in [7, 11) is 0. The monoisotopic (exact) mass is 277 g/mol. The number of hydrogen-bond acceptors (Lipinski definition) is 2. The smallest absolute Gasteiger partial charge is 0.138 e. The van der Waals surface area contributed by atoms with E-state index in [1.165, 1.54) is 57.8 Å². The van der Waals surface area contributed by atoms with Crippen molar-refractivity contribution < 1.29 is 5.11 Å². The number of rotatable bonds is 11. The summed E-state index contributed by atoms with van der Waals surface area (Å²) >= 11 is 0. The Hall–Kier alpha value is -1.18. The number of phenols is 1. The number of aromatic hydroxyl groups is 1. The van der Waals surface area contributed by atoms with Crippen LogP contribution in [0.5, 0.6) is 5.75 Å². The summed E-state index contributed by atoms with van der Waals surface area (Å²) in [6.07, 6.45) is 11.5. The molecule has 2 nitrogen and oxygen atoms in total. The van der Waals surface area contributed by atoms with Crippen molar-refractivity contribution in [2.24, 2.45) is 0 Å². The lowest BCUT2D eigenvalue weighted by molar-refractivity contribution is 0.472. The molecule has 2 N–H and O–H groups in total. The van der Waals surface area contributed by atoms with E-state index in [0.717, 1.165) is 5.69 Å². The number of nitrogens with one attached hydrogen (secondary N) is 1. The highest BCUT2D eigenvalue weighted by atomic mass is 16.3. The largest absolute Gasteiger partial charge is 0.506 e. The molecular weight excluding hydrogens is 246 g/mol. The van der Waals surface area contributed by atoms with Crippen LogP contribution in [0, 0.1) is 0 Å². The molecule has 0 aromatic heterocycles. The van der Waals surface area contributed by atoms with Crippen molar-refractivity contribution in [3.8, 4) is 5.75 Å². The lowest BCUT2D eigenvalue weighted by Gasteiger charge is -2.20. The number of para-hydroxylation sites is 2. The minimum absolute atomic E-state index is 0.363. The third-order valence-electron chi connectivity index (χ3n) is 3.83. The first kappa shape index (κ1) is 16.9. The minimum atomic E-state index is 0.363. The molecule has 1 aromatic rings. The molecule has 0 fully saturated rings. The Labute approximate surface area is 124 Å². The lowest BCUT2D eigenvalue weighted by Crippen LogP contribution is -2.19. The van der Waals surface area contributed by atoms with E-state index in [9.17, 15) is 5.11 Å². The number of anilines is 1. The van der Waals surface area contributed by atoms with Gasteiger partial charge in [-0.2, -0.15) is 0 Å². The van der Waals surface area contributed by atoms with Crippen LogP contribution in [-0.2, 0) is 0 Å². The Morgan fingerprint density at radius 3 is 2.15 bits per heavy atom. The van der Waals surface area contributed by atoms with Gasteiger partial charge < -0.3 is 10.4 Å². The maximum Gasteiger partial charge on any atom is 0.138 e. The van der Waals surface area contributed by atoms with Gasteiger partial charge >= 0.3 is 0 Å². The van der Waals surface area contributed by atoms with Crippen LogP contribution >= 0.6 is 0 Å². The zero-order valence-electron chi connectivity index (χ0n) is 13.2. The SMILES string of the molecule is CCCCCCC(CCCCC)Nc1ccccc1O. The van der Waals surface area contributed by atoms with Crippen LogP contribution in [0.4, 0.5) is 5.69 Å². The summed E-state index contributed by atoms with van der Waals surface area (Å²) < 4.78 is 0. The number of hydrogen-bond donors (Lipinski definition) is 2. The van der Waals surface area contributed by atoms with Gasteiger partial charge in [0.05, 0.1) is 5.69 Å². The van der Waals surface area contributed by atoms with E-state index in [0.29, 0.717) is 11.8 Å². The van der Waals surface area contributed by atoms with Crippen molar-refractivity contribution in [3.63, 3.8) is 0 Å². The summed E-state index contributed by atoms with van der Waals surface area (Å²) in [5.74, 6) is 0.363. The first-order valence-electron chi connectivity index (χ1n) is 8.32. The van der Waals surface area contributed by atoms with Gasteiger partial charge in [-0.3, -0.25) is 0 Å². The second-order valence-electron chi connectivity index (χ2n) is 5.70. The molecule has 1 unspecified atom stereocenters. The fraction of sp³-hybridized carbons (Fsp3) is 0.667. The highest BCUT2D eigenvalue weighted by Crippen LogP contribution is 2.25. The average molecular weight is 277 g/mol. The van der Waals surface area contributed by atoms with E-state index >= 15 is 0 Å². The van der Waals surface area contributed by atoms with Gasteiger partial charge in [0.25, 0.3) is 0 Å². The third kappa shape index (κ3) is 6.83. The molecule has 0 aliphatic carbocycles. The van der Waals surface area contributed by atoms with E-state index < -0.39 is 0 Å². The topological polar surface area (TPSA) is 32.3 Å². The molecule has 0 bridgehead atoms. The summed E-state index contributed by atoms with van der Waals surface area (Å²) in [5, 5.41) is 13.4. The molecule has 0 aliphatic heterocycles. The quantitative estimate of drug-likeness (QED) is 0.400. The maximum atomic E-state index is 9.88. The van der Waals surface area contributed by atoms with Gasteiger partial charge in [-0.1, -0.05) is 70.9 Å². The summed E-state index contributed by atoms with van der Waals surface area (Å²) in [6.45, 7) is 4.49. The lowest BCUT2D eigenvalue weighted by atomic mass is 10.0. The maximum absolute atomic E-state index is 9.88. The van der Waals surface area contributed by atoms with Crippen molar-refractivity contribution >= 4 is 5.69 Å². The number of benzene rings is 1. The van der Waals surface area contributed by atoms with Crippen LogP contribution in [0.15, 0.2) is 24.3 Å². The highest BCUT2D eigenvalue weighted by molar-refractivity contribution is 5.55. The molecule has 2 heteroatoms. The predicted octanol–water partition coefficient (Wildman–Crippen LogP) is 5.72. The molecule has 20 heavy (non-hydrogen) atoms. The van der Waals surface area contributed by atoms with E-state index in [4.69, 9.17) is 0 Å². The molecular formula is C18H31NO. The van der Waals surface area contributed by atoms with Gasteiger partial charge in [-0.15, -0.1) is 0 Å². The average Bonchev–Trinajstić information content (AvgIpc) is 2.46. The number of unbranched alkanes of at least 4 members (excludes halogenated alkanes) is 5. The fourth-order valence-electron chi connectivity index (χ4n) is 2.56. The van der Waals surface area contributed by atoms with Crippen LogP contribution in [0.3, 0.4) is 0 Å². The Balaban J connectivity index is 2.46. The summed E-state index contributed by atoms with van der Waals surface area (Å²) in [6, 6.07) is 8.05. The van der Waals surface area contributed by atoms with Gasteiger partial charge in [0.1, 0.15) is 5.75 Å². The van der Waals surface area contributed by atoms with Gasteiger partial charge in [0.2, 0.25) is 0 Å². The molecule has 1 aromatic carbocycles. The molecule has 0 spiro atoms. The molecule has 1 atom stereocenters. The van der Waals surface area contributed by atoms with Crippen LogP contribution in [0.1, 0.15) is 71.6 Å². The molecule has 0 aliphatic rings. The highest BCUT2D eigenvalue weighted by Gasteiger charge is 2.10. The molecule has 1 rings (SSSR count). The molecule has 114 valence electrons. The van der Waals surface area contributed by atoms with Crippen LogP contribution < -0.4 is 5.32 Å². The molecule has 0 radical (unpaired) electrons. The summed E-state index contributed by atoms with van der Waals surface area (Å²) in [5.41, 5.74) is 0.879. The molecule has 0 amide bonds. The zero-order chi connectivity index (χ0) is 14.6. The second-order valence-corrected chi connectivity index (χ2v) is 5.70. The third-order valence-corrected chi connectivity index (χ3v) is 3.83. The van der Waals surface area contributed by atoms with E-state index in [1.807, 2.05) is 18.2 Å². The van der Waals surface area contributed by atoms with Crippen molar-refractivity contribution in [1.29, 1.82) is 0 Å². The first-order chi connectivity index (χ1) is 9.77. The van der Waals surface area contributed by atoms with Crippen LogP contribution in [0.2, 0.25) is 0 Å². The van der Waals surface area contributed by atoms with Gasteiger partial charge in [-0.05, 0) is 25.0 Å². The van der Waals surface area contributed by atoms with Gasteiger partial charge in [-0.25, -0.2) is 0 Å². The van der Waals surface area contributed by atoms with Crippen LogP contribution in [-0.4, -0.2) is 11.1 Å². The Morgan fingerprint density at radius 2 is 1.50 bits per heavy atom. The first-order valence-corrected chi connectivity index (χ1v) is 8.32.